The Labute approximate surface area is 128 Å². The van der Waals surface area contributed by atoms with Crippen LogP contribution in [0.2, 0.25) is 0 Å². The molecule has 22 heavy (non-hydrogen) atoms. The van der Waals surface area contributed by atoms with E-state index in [4.69, 9.17) is 9.47 Å². The summed E-state index contributed by atoms with van der Waals surface area (Å²) in [7, 11) is 1.61. The van der Waals surface area contributed by atoms with E-state index in [0.29, 0.717) is 6.54 Å². The molecule has 0 radical (unpaired) electrons. The van der Waals surface area contributed by atoms with Crippen molar-refractivity contribution in [3.8, 4) is 11.5 Å². The fourth-order valence-electron chi connectivity index (χ4n) is 2.54. The molecule has 0 atom stereocenters. The van der Waals surface area contributed by atoms with Gasteiger partial charge < -0.3 is 14.4 Å². The smallest absolute Gasteiger partial charge is 0.264 e. The number of para-hydroxylation sites is 1. The van der Waals surface area contributed by atoms with Crippen LogP contribution in [0, 0.1) is 5.82 Å². The van der Waals surface area contributed by atoms with Crippen LogP contribution in [0.25, 0.3) is 0 Å². The first kappa shape index (κ1) is 14.4. The topological polar surface area (TPSA) is 38.8 Å². The first-order chi connectivity index (χ1) is 10.7. The summed E-state index contributed by atoms with van der Waals surface area (Å²) < 4.78 is 23.9. The van der Waals surface area contributed by atoms with Crippen molar-refractivity contribution in [2.45, 2.75) is 6.42 Å². The van der Waals surface area contributed by atoms with Crippen LogP contribution in [0.4, 0.5) is 10.1 Å². The number of anilines is 1. The van der Waals surface area contributed by atoms with Crippen LogP contribution in [0.5, 0.6) is 11.5 Å². The molecule has 2 aromatic carbocycles. The Bertz CT molecular complexity index is 702. The van der Waals surface area contributed by atoms with E-state index >= 15 is 0 Å². The van der Waals surface area contributed by atoms with Gasteiger partial charge in [0.25, 0.3) is 5.91 Å². The molecule has 0 unspecified atom stereocenters. The third-order valence-corrected chi connectivity index (χ3v) is 3.67. The first-order valence-electron chi connectivity index (χ1n) is 7.03. The Kier molecular flexibility index (Phi) is 3.96. The summed E-state index contributed by atoms with van der Waals surface area (Å²) in [6.45, 7) is 0.411. The number of halogens is 1. The van der Waals surface area contributed by atoms with Crippen LogP contribution in [-0.4, -0.2) is 26.2 Å². The zero-order valence-corrected chi connectivity index (χ0v) is 12.2. The fraction of sp³-hybridized carbons (Fsp3) is 0.235. The second-order valence-electron chi connectivity index (χ2n) is 5.01. The number of nitrogens with zero attached hydrogens (tertiary/aromatic N) is 1. The lowest BCUT2D eigenvalue weighted by atomic mass is 10.1. The van der Waals surface area contributed by atoms with E-state index < -0.39 is 5.82 Å². The molecule has 1 amide bonds. The summed E-state index contributed by atoms with van der Waals surface area (Å²) in [6, 6.07) is 11.7. The molecule has 0 aromatic heterocycles. The summed E-state index contributed by atoms with van der Waals surface area (Å²) in [4.78, 5) is 14.0. The van der Waals surface area contributed by atoms with Crippen LogP contribution in [-0.2, 0) is 11.2 Å². The summed E-state index contributed by atoms with van der Waals surface area (Å²) in [5.74, 6) is 0.203. The number of hydrogen-bond donors (Lipinski definition) is 0. The Hall–Kier alpha value is -2.56. The summed E-state index contributed by atoms with van der Waals surface area (Å²) in [5, 5.41) is 0. The van der Waals surface area contributed by atoms with Gasteiger partial charge in [0.15, 0.2) is 18.2 Å². The SMILES string of the molecule is COc1ccc2c(c1)CCN2C(=O)COc1ccccc1F. The second-order valence-corrected chi connectivity index (χ2v) is 5.01. The van der Waals surface area contributed by atoms with E-state index in [1.54, 1.807) is 24.1 Å². The normalized spacial score (nSPS) is 12.9. The van der Waals surface area contributed by atoms with Crippen molar-refractivity contribution in [3.05, 3.63) is 53.8 Å². The molecular formula is C17H16FNO3. The van der Waals surface area contributed by atoms with Gasteiger partial charge in [-0.1, -0.05) is 12.1 Å². The average molecular weight is 301 g/mol. The number of hydrogen-bond acceptors (Lipinski definition) is 3. The Morgan fingerprint density at radius 2 is 2.09 bits per heavy atom. The van der Waals surface area contributed by atoms with Crippen molar-refractivity contribution in [1.29, 1.82) is 0 Å². The summed E-state index contributed by atoms with van der Waals surface area (Å²) in [6.07, 6.45) is 0.776. The number of carbonyl (C=O) groups excluding carboxylic acids is 1. The van der Waals surface area contributed by atoms with Crippen molar-refractivity contribution in [1.82, 2.24) is 0 Å². The molecule has 0 fully saturated rings. The van der Waals surface area contributed by atoms with Crippen LogP contribution in [0.3, 0.4) is 0 Å². The molecule has 3 rings (SSSR count). The average Bonchev–Trinajstić information content (AvgIpc) is 2.96. The number of benzene rings is 2. The molecule has 114 valence electrons. The monoisotopic (exact) mass is 301 g/mol. The Morgan fingerprint density at radius 1 is 1.27 bits per heavy atom. The van der Waals surface area contributed by atoms with Gasteiger partial charge >= 0.3 is 0 Å². The predicted molar refractivity (Wildman–Crippen MR) is 80.9 cm³/mol. The van der Waals surface area contributed by atoms with Gasteiger partial charge in [0.2, 0.25) is 0 Å². The van der Waals surface area contributed by atoms with Crippen molar-refractivity contribution >= 4 is 11.6 Å². The molecule has 1 heterocycles. The molecular weight excluding hydrogens is 285 g/mol. The van der Waals surface area contributed by atoms with E-state index in [9.17, 15) is 9.18 Å². The lowest BCUT2D eigenvalue weighted by Gasteiger charge is -2.18. The third-order valence-electron chi connectivity index (χ3n) is 3.67. The molecule has 5 heteroatoms. The molecule has 0 N–H and O–H groups in total. The zero-order chi connectivity index (χ0) is 15.5. The lowest BCUT2D eigenvalue weighted by Crippen LogP contribution is -2.33. The summed E-state index contributed by atoms with van der Waals surface area (Å²) in [5.41, 5.74) is 1.93. The molecule has 2 aromatic rings. The predicted octanol–water partition coefficient (Wildman–Crippen LogP) is 2.80. The number of amides is 1. The van der Waals surface area contributed by atoms with Crippen LogP contribution in [0.1, 0.15) is 5.56 Å². The highest BCUT2D eigenvalue weighted by Gasteiger charge is 2.25. The maximum atomic E-state index is 13.5. The zero-order valence-electron chi connectivity index (χ0n) is 12.2. The summed E-state index contributed by atoms with van der Waals surface area (Å²) >= 11 is 0. The first-order valence-corrected chi connectivity index (χ1v) is 7.03. The molecule has 0 saturated heterocycles. The largest absolute Gasteiger partial charge is 0.497 e. The molecule has 1 aliphatic heterocycles. The van der Waals surface area contributed by atoms with Crippen molar-refractivity contribution in [3.63, 3.8) is 0 Å². The van der Waals surface area contributed by atoms with Crippen LogP contribution >= 0.6 is 0 Å². The van der Waals surface area contributed by atoms with Gasteiger partial charge in [-0.3, -0.25) is 4.79 Å². The van der Waals surface area contributed by atoms with Crippen molar-refractivity contribution < 1.29 is 18.7 Å². The number of carbonyl (C=O) groups is 1. The maximum Gasteiger partial charge on any atom is 0.264 e. The fourth-order valence-corrected chi connectivity index (χ4v) is 2.54. The number of ether oxygens (including phenoxy) is 2. The molecule has 0 bridgehead atoms. The highest BCUT2D eigenvalue weighted by molar-refractivity contribution is 5.96. The number of fused-ring (bicyclic) bond motifs is 1. The maximum absolute atomic E-state index is 13.5. The highest BCUT2D eigenvalue weighted by Crippen LogP contribution is 2.31. The minimum absolute atomic E-state index is 0.0880. The van der Waals surface area contributed by atoms with Gasteiger partial charge in [0.1, 0.15) is 5.75 Å². The van der Waals surface area contributed by atoms with E-state index in [1.165, 1.54) is 12.1 Å². The van der Waals surface area contributed by atoms with Gasteiger partial charge in [-0.2, -0.15) is 0 Å². The van der Waals surface area contributed by atoms with Gasteiger partial charge in [0, 0.05) is 12.2 Å². The van der Waals surface area contributed by atoms with Crippen molar-refractivity contribution in [2.75, 3.05) is 25.2 Å². The van der Waals surface area contributed by atoms with Crippen molar-refractivity contribution in [2.24, 2.45) is 0 Å². The van der Waals surface area contributed by atoms with Crippen LogP contribution in [0.15, 0.2) is 42.5 Å². The van der Waals surface area contributed by atoms with Gasteiger partial charge in [0.05, 0.1) is 7.11 Å². The molecule has 4 nitrogen and oxygen atoms in total. The van der Waals surface area contributed by atoms with E-state index in [0.717, 1.165) is 23.4 Å². The standard InChI is InChI=1S/C17H16FNO3/c1-21-13-6-7-15-12(10-13)8-9-19(15)17(20)11-22-16-5-3-2-4-14(16)18/h2-7,10H,8-9,11H2,1H3. The molecule has 0 saturated carbocycles. The molecule has 0 spiro atoms. The number of rotatable bonds is 4. The van der Waals surface area contributed by atoms with Gasteiger partial charge in [-0.05, 0) is 42.3 Å². The quantitative estimate of drug-likeness (QED) is 0.871. The Balaban J connectivity index is 1.69. The van der Waals surface area contributed by atoms with Gasteiger partial charge in [-0.15, -0.1) is 0 Å². The van der Waals surface area contributed by atoms with E-state index in [2.05, 4.69) is 0 Å². The van der Waals surface area contributed by atoms with Crippen LogP contribution < -0.4 is 14.4 Å². The van der Waals surface area contributed by atoms with Gasteiger partial charge in [-0.25, -0.2) is 4.39 Å². The Morgan fingerprint density at radius 3 is 2.86 bits per heavy atom. The number of methoxy groups -OCH3 is 1. The highest BCUT2D eigenvalue weighted by atomic mass is 19.1. The molecule has 0 aliphatic carbocycles. The van der Waals surface area contributed by atoms with E-state index in [-0.39, 0.29) is 18.3 Å². The molecule has 1 aliphatic rings. The second kappa shape index (κ2) is 6.05. The van der Waals surface area contributed by atoms with E-state index in [1.807, 2.05) is 18.2 Å². The minimum Gasteiger partial charge on any atom is -0.497 e. The third kappa shape index (κ3) is 2.74. The minimum atomic E-state index is -0.471. The lowest BCUT2D eigenvalue weighted by molar-refractivity contribution is -0.120.